The number of aromatic nitrogens is 2. The van der Waals surface area contributed by atoms with Crippen LogP contribution in [0.1, 0.15) is 23.8 Å². The van der Waals surface area contributed by atoms with Crippen molar-refractivity contribution in [3.63, 3.8) is 0 Å². The van der Waals surface area contributed by atoms with Crippen molar-refractivity contribution in [2.75, 3.05) is 6.61 Å². The molecule has 0 atom stereocenters. The van der Waals surface area contributed by atoms with E-state index in [1.165, 1.54) is 41.1 Å². The number of hydrogen-bond acceptors (Lipinski definition) is 3. The van der Waals surface area contributed by atoms with Gasteiger partial charge < -0.3 is 4.74 Å². The molecule has 2 aromatic carbocycles. The van der Waals surface area contributed by atoms with Crippen LogP contribution in [0.5, 0.6) is 0 Å². The van der Waals surface area contributed by atoms with Gasteiger partial charge in [-0.15, -0.1) is 0 Å². The standard InChI is InChI=1S/C19H14Cl2F2N2O2/c1-2-5-27-19(26)17-10-18(11-6-12(20)8-13(22)7-11)25(24-17)14-3-4-16(23)15(21)9-14/h3-4,6-10H,2,5H2,1H3. The van der Waals surface area contributed by atoms with E-state index in [1.54, 1.807) is 0 Å². The van der Waals surface area contributed by atoms with E-state index in [1.807, 2.05) is 6.92 Å². The van der Waals surface area contributed by atoms with E-state index in [9.17, 15) is 13.6 Å². The summed E-state index contributed by atoms with van der Waals surface area (Å²) in [5, 5.41) is 4.31. The first kappa shape index (κ1) is 19.3. The summed E-state index contributed by atoms with van der Waals surface area (Å²) in [6.45, 7) is 2.11. The SMILES string of the molecule is CCCOC(=O)c1cc(-c2cc(F)cc(Cl)c2)n(-c2ccc(F)c(Cl)c2)n1. The monoisotopic (exact) mass is 410 g/mol. The van der Waals surface area contributed by atoms with Gasteiger partial charge in [0, 0.05) is 10.6 Å². The third-order valence-electron chi connectivity index (χ3n) is 3.66. The van der Waals surface area contributed by atoms with Crippen molar-refractivity contribution in [3.8, 4) is 16.9 Å². The normalized spacial score (nSPS) is 10.9. The fraction of sp³-hybridized carbons (Fsp3) is 0.158. The van der Waals surface area contributed by atoms with Gasteiger partial charge in [0.2, 0.25) is 0 Å². The maximum absolute atomic E-state index is 13.8. The quantitative estimate of drug-likeness (QED) is 0.507. The summed E-state index contributed by atoms with van der Waals surface area (Å²) in [5.41, 5.74) is 1.19. The Balaban J connectivity index is 2.15. The lowest BCUT2D eigenvalue weighted by atomic mass is 10.1. The molecule has 0 aliphatic heterocycles. The van der Waals surface area contributed by atoms with Gasteiger partial charge in [-0.25, -0.2) is 18.3 Å². The van der Waals surface area contributed by atoms with Crippen molar-refractivity contribution >= 4 is 29.2 Å². The predicted molar refractivity (Wildman–Crippen MR) is 99.5 cm³/mol. The molecule has 0 bridgehead atoms. The van der Waals surface area contributed by atoms with Gasteiger partial charge >= 0.3 is 5.97 Å². The van der Waals surface area contributed by atoms with Crippen LogP contribution in [0.25, 0.3) is 16.9 Å². The number of rotatable bonds is 5. The zero-order valence-corrected chi connectivity index (χ0v) is 15.7. The van der Waals surface area contributed by atoms with Crippen LogP contribution in [0.4, 0.5) is 8.78 Å². The van der Waals surface area contributed by atoms with Gasteiger partial charge in [0.25, 0.3) is 0 Å². The summed E-state index contributed by atoms with van der Waals surface area (Å²) in [6.07, 6.45) is 0.659. The zero-order chi connectivity index (χ0) is 19.6. The molecule has 0 saturated heterocycles. The van der Waals surface area contributed by atoms with Crippen molar-refractivity contribution in [3.05, 3.63) is 69.8 Å². The van der Waals surface area contributed by atoms with Gasteiger partial charge in [0.1, 0.15) is 11.6 Å². The number of esters is 1. The van der Waals surface area contributed by atoms with E-state index >= 15 is 0 Å². The Hall–Kier alpha value is -2.44. The fourth-order valence-corrected chi connectivity index (χ4v) is 2.87. The van der Waals surface area contributed by atoms with Crippen molar-refractivity contribution in [2.24, 2.45) is 0 Å². The van der Waals surface area contributed by atoms with Gasteiger partial charge in [0.15, 0.2) is 5.69 Å². The molecule has 0 amide bonds. The Kier molecular flexibility index (Phi) is 5.77. The van der Waals surface area contributed by atoms with Gasteiger partial charge in [0.05, 0.1) is 23.0 Å². The van der Waals surface area contributed by atoms with Gasteiger partial charge in [-0.1, -0.05) is 30.1 Å². The van der Waals surface area contributed by atoms with Crippen LogP contribution in [0.2, 0.25) is 10.0 Å². The Morgan fingerprint density at radius 3 is 2.59 bits per heavy atom. The average Bonchev–Trinajstić information content (AvgIpc) is 3.06. The average molecular weight is 411 g/mol. The minimum absolute atomic E-state index is 0.0271. The third kappa shape index (κ3) is 4.28. The van der Waals surface area contributed by atoms with Crippen molar-refractivity contribution in [2.45, 2.75) is 13.3 Å². The van der Waals surface area contributed by atoms with E-state index in [2.05, 4.69) is 5.10 Å². The summed E-state index contributed by atoms with van der Waals surface area (Å²) < 4.78 is 33.8. The third-order valence-corrected chi connectivity index (χ3v) is 4.17. The number of carbonyl (C=O) groups excluding carboxylic acids is 1. The van der Waals surface area contributed by atoms with Crippen LogP contribution in [0.15, 0.2) is 42.5 Å². The van der Waals surface area contributed by atoms with Crippen molar-refractivity contribution < 1.29 is 18.3 Å². The minimum Gasteiger partial charge on any atom is -0.461 e. The topological polar surface area (TPSA) is 44.1 Å². The molecule has 8 heteroatoms. The molecule has 0 saturated carbocycles. The number of hydrogen-bond donors (Lipinski definition) is 0. The molecular formula is C19H14Cl2F2N2O2. The van der Waals surface area contributed by atoms with Crippen molar-refractivity contribution in [1.29, 1.82) is 0 Å². The first-order valence-corrected chi connectivity index (χ1v) is 8.83. The lowest BCUT2D eigenvalue weighted by molar-refractivity contribution is 0.0497. The van der Waals surface area contributed by atoms with E-state index in [4.69, 9.17) is 27.9 Å². The molecule has 3 rings (SSSR count). The van der Waals surface area contributed by atoms with Crippen LogP contribution in [-0.4, -0.2) is 22.4 Å². The first-order chi connectivity index (χ1) is 12.9. The highest BCUT2D eigenvalue weighted by Crippen LogP contribution is 2.29. The molecule has 1 aromatic heterocycles. The molecule has 4 nitrogen and oxygen atoms in total. The highest BCUT2D eigenvalue weighted by atomic mass is 35.5. The van der Waals surface area contributed by atoms with Crippen LogP contribution < -0.4 is 0 Å². The Morgan fingerprint density at radius 1 is 1.15 bits per heavy atom. The second-order valence-electron chi connectivity index (χ2n) is 5.72. The summed E-state index contributed by atoms with van der Waals surface area (Å²) in [4.78, 5) is 12.2. The number of ether oxygens (including phenoxy) is 1. The lowest BCUT2D eigenvalue weighted by Gasteiger charge is -2.09. The molecule has 1 heterocycles. The van der Waals surface area contributed by atoms with Crippen LogP contribution >= 0.6 is 23.2 Å². The van der Waals surface area contributed by atoms with E-state index < -0.39 is 17.6 Å². The highest BCUT2D eigenvalue weighted by Gasteiger charge is 2.19. The molecule has 0 N–H and O–H groups in total. The number of benzene rings is 2. The molecule has 27 heavy (non-hydrogen) atoms. The molecule has 3 aromatic rings. The highest BCUT2D eigenvalue weighted by molar-refractivity contribution is 6.31. The summed E-state index contributed by atoms with van der Waals surface area (Å²) in [7, 11) is 0. The molecule has 0 aliphatic carbocycles. The van der Waals surface area contributed by atoms with Crippen LogP contribution in [0.3, 0.4) is 0 Å². The lowest BCUT2D eigenvalue weighted by Crippen LogP contribution is -2.08. The van der Waals surface area contributed by atoms with Crippen molar-refractivity contribution in [1.82, 2.24) is 9.78 Å². The second kappa shape index (κ2) is 8.06. The molecular weight excluding hydrogens is 397 g/mol. The van der Waals surface area contributed by atoms with Gasteiger partial charge in [-0.05, 0) is 48.9 Å². The number of halogens is 4. The fourth-order valence-electron chi connectivity index (χ4n) is 2.47. The predicted octanol–water partition coefficient (Wildman–Crippen LogP) is 5.69. The summed E-state index contributed by atoms with van der Waals surface area (Å²) in [5.74, 6) is -1.75. The summed E-state index contributed by atoms with van der Waals surface area (Å²) in [6, 6.07) is 9.39. The molecule has 140 valence electrons. The van der Waals surface area contributed by atoms with Gasteiger partial charge in [-0.2, -0.15) is 5.10 Å². The Labute approximate surface area is 164 Å². The maximum Gasteiger partial charge on any atom is 0.358 e. The molecule has 0 aliphatic rings. The largest absolute Gasteiger partial charge is 0.461 e. The molecule has 0 radical (unpaired) electrons. The van der Waals surface area contributed by atoms with E-state index in [-0.39, 0.29) is 22.3 Å². The number of nitrogens with zero attached hydrogens (tertiary/aromatic N) is 2. The minimum atomic E-state index is -0.618. The van der Waals surface area contributed by atoms with Crippen LogP contribution in [0, 0.1) is 11.6 Å². The van der Waals surface area contributed by atoms with E-state index in [0.717, 1.165) is 6.07 Å². The van der Waals surface area contributed by atoms with E-state index in [0.29, 0.717) is 23.4 Å². The number of carbonyl (C=O) groups is 1. The summed E-state index contributed by atoms with van der Waals surface area (Å²) >= 11 is 11.8. The maximum atomic E-state index is 13.8. The molecule has 0 unspecified atom stereocenters. The van der Waals surface area contributed by atoms with Gasteiger partial charge in [-0.3, -0.25) is 0 Å². The zero-order valence-electron chi connectivity index (χ0n) is 14.2. The Bertz CT molecular complexity index is 985. The second-order valence-corrected chi connectivity index (χ2v) is 6.56. The first-order valence-electron chi connectivity index (χ1n) is 8.08. The molecule has 0 fully saturated rings. The molecule has 0 spiro atoms. The van der Waals surface area contributed by atoms with Crippen LogP contribution in [-0.2, 0) is 4.74 Å². The smallest absolute Gasteiger partial charge is 0.358 e. The Morgan fingerprint density at radius 2 is 1.93 bits per heavy atom.